The third-order valence-electron chi connectivity index (χ3n) is 2.77. The van der Waals surface area contributed by atoms with Crippen molar-refractivity contribution in [3.63, 3.8) is 0 Å². The highest BCUT2D eigenvalue weighted by atomic mass is 16.5. The lowest BCUT2D eigenvalue weighted by atomic mass is 10.1. The molecule has 0 aliphatic rings. The topological polar surface area (TPSA) is 90.1 Å². The van der Waals surface area contributed by atoms with Crippen LogP contribution in [0.15, 0.2) is 24.3 Å². The Labute approximate surface area is 117 Å². The average molecular weight is 272 g/mol. The van der Waals surface area contributed by atoms with Gasteiger partial charge in [-0.15, -0.1) is 0 Å². The number of ether oxygens (including phenoxy) is 1. The molecule has 1 amide bonds. The molecule has 0 aliphatic carbocycles. The largest absolute Gasteiger partial charge is 0.481 e. The summed E-state index contributed by atoms with van der Waals surface area (Å²) in [5.74, 6) is 0.299. The molecule has 104 valence electrons. The van der Waals surface area contributed by atoms with E-state index in [1.807, 2.05) is 6.92 Å². The standard InChI is InChI=1S/C14H16N4O2/c1-8-4-5-10(15)7-11(8)13(19)18-14-16-9(2)6-12(17-14)20-3/h4-7H,15H2,1-3H3,(H,16,17,18,19). The smallest absolute Gasteiger partial charge is 0.258 e. The number of nitrogens with one attached hydrogen (secondary N) is 1. The van der Waals surface area contributed by atoms with Gasteiger partial charge in [-0.25, -0.2) is 4.98 Å². The van der Waals surface area contributed by atoms with E-state index >= 15 is 0 Å². The first-order valence-corrected chi connectivity index (χ1v) is 6.06. The molecule has 1 aromatic heterocycles. The van der Waals surface area contributed by atoms with E-state index in [4.69, 9.17) is 10.5 Å². The molecule has 6 nitrogen and oxygen atoms in total. The van der Waals surface area contributed by atoms with Crippen LogP contribution in [0.25, 0.3) is 0 Å². The maximum Gasteiger partial charge on any atom is 0.258 e. The molecule has 1 aromatic carbocycles. The number of aryl methyl sites for hydroxylation is 2. The molecule has 3 N–H and O–H groups in total. The lowest BCUT2D eigenvalue weighted by Crippen LogP contribution is -2.16. The van der Waals surface area contributed by atoms with Crippen molar-refractivity contribution in [1.29, 1.82) is 0 Å². The summed E-state index contributed by atoms with van der Waals surface area (Å²) in [6.07, 6.45) is 0. The Morgan fingerprint density at radius 3 is 2.70 bits per heavy atom. The Hall–Kier alpha value is -2.63. The van der Waals surface area contributed by atoms with Gasteiger partial charge in [0.05, 0.1) is 7.11 Å². The molecular weight excluding hydrogens is 256 g/mol. The molecule has 0 saturated heterocycles. The molecule has 0 fully saturated rings. The normalized spacial score (nSPS) is 10.2. The van der Waals surface area contributed by atoms with Crippen LogP contribution in [0.1, 0.15) is 21.6 Å². The predicted molar refractivity (Wildman–Crippen MR) is 76.9 cm³/mol. The summed E-state index contributed by atoms with van der Waals surface area (Å²) in [6.45, 7) is 3.64. The van der Waals surface area contributed by atoms with Crippen molar-refractivity contribution in [3.05, 3.63) is 41.1 Å². The van der Waals surface area contributed by atoms with Gasteiger partial charge >= 0.3 is 0 Å². The summed E-state index contributed by atoms with van der Waals surface area (Å²) in [5, 5.41) is 2.65. The van der Waals surface area contributed by atoms with Crippen LogP contribution in [0.3, 0.4) is 0 Å². The summed E-state index contributed by atoms with van der Waals surface area (Å²) in [6, 6.07) is 6.85. The minimum Gasteiger partial charge on any atom is -0.481 e. The number of methoxy groups -OCH3 is 1. The monoisotopic (exact) mass is 272 g/mol. The number of carbonyl (C=O) groups is 1. The summed E-state index contributed by atoms with van der Waals surface area (Å²) in [4.78, 5) is 20.4. The number of nitrogens with zero attached hydrogens (tertiary/aromatic N) is 2. The Bertz CT molecular complexity index is 656. The highest BCUT2D eigenvalue weighted by Crippen LogP contribution is 2.16. The van der Waals surface area contributed by atoms with Gasteiger partial charge in [0, 0.05) is 23.0 Å². The van der Waals surface area contributed by atoms with Crippen molar-refractivity contribution in [3.8, 4) is 5.88 Å². The molecule has 1 heterocycles. The number of nitrogen functional groups attached to an aromatic ring is 1. The number of hydrogen-bond acceptors (Lipinski definition) is 5. The zero-order valence-electron chi connectivity index (χ0n) is 11.6. The second-order valence-electron chi connectivity index (χ2n) is 4.40. The van der Waals surface area contributed by atoms with E-state index in [2.05, 4.69) is 15.3 Å². The third kappa shape index (κ3) is 3.03. The van der Waals surface area contributed by atoms with E-state index in [1.165, 1.54) is 7.11 Å². The van der Waals surface area contributed by atoms with Gasteiger partial charge in [0.2, 0.25) is 11.8 Å². The first kappa shape index (κ1) is 13.8. The fourth-order valence-corrected chi connectivity index (χ4v) is 1.75. The van der Waals surface area contributed by atoms with E-state index in [0.717, 1.165) is 5.56 Å². The van der Waals surface area contributed by atoms with Crippen molar-refractivity contribution in [2.45, 2.75) is 13.8 Å². The molecule has 0 radical (unpaired) electrons. The quantitative estimate of drug-likeness (QED) is 0.833. The van der Waals surface area contributed by atoms with Gasteiger partial charge in [0.15, 0.2) is 0 Å². The molecular formula is C14H16N4O2. The van der Waals surface area contributed by atoms with Crippen molar-refractivity contribution in [2.75, 3.05) is 18.2 Å². The van der Waals surface area contributed by atoms with Gasteiger partial charge in [0.25, 0.3) is 5.91 Å². The molecule has 0 unspecified atom stereocenters. The molecule has 0 atom stereocenters. The van der Waals surface area contributed by atoms with Crippen LogP contribution < -0.4 is 15.8 Å². The van der Waals surface area contributed by atoms with Gasteiger partial charge in [0.1, 0.15) is 0 Å². The molecule has 6 heteroatoms. The molecule has 20 heavy (non-hydrogen) atoms. The minimum absolute atomic E-state index is 0.202. The van der Waals surface area contributed by atoms with Gasteiger partial charge in [-0.1, -0.05) is 6.07 Å². The summed E-state index contributed by atoms with van der Waals surface area (Å²) >= 11 is 0. The molecule has 0 aliphatic heterocycles. The zero-order chi connectivity index (χ0) is 14.7. The third-order valence-corrected chi connectivity index (χ3v) is 2.77. The number of benzene rings is 1. The second kappa shape index (κ2) is 5.56. The van der Waals surface area contributed by atoms with Crippen LogP contribution in [-0.4, -0.2) is 23.0 Å². The SMILES string of the molecule is COc1cc(C)nc(NC(=O)c2cc(N)ccc2C)n1. The zero-order valence-corrected chi connectivity index (χ0v) is 11.6. The Balaban J connectivity index is 2.27. The van der Waals surface area contributed by atoms with E-state index in [0.29, 0.717) is 22.8 Å². The maximum absolute atomic E-state index is 12.2. The second-order valence-corrected chi connectivity index (χ2v) is 4.40. The first-order chi connectivity index (χ1) is 9.49. The van der Waals surface area contributed by atoms with Crippen LogP contribution in [0.5, 0.6) is 5.88 Å². The van der Waals surface area contributed by atoms with E-state index in [9.17, 15) is 4.79 Å². The van der Waals surface area contributed by atoms with Crippen molar-refractivity contribution < 1.29 is 9.53 Å². The fourth-order valence-electron chi connectivity index (χ4n) is 1.75. The van der Waals surface area contributed by atoms with Crippen LogP contribution >= 0.6 is 0 Å². The molecule has 0 bridgehead atoms. The fraction of sp³-hybridized carbons (Fsp3) is 0.214. The highest BCUT2D eigenvalue weighted by molar-refractivity contribution is 6.04. The lowest BCUT2D eigenvalue weighted by molar-refractivity contribution is 0.102. The molecule has 0 spiro atoms. The summed E-state index contributed by atoms with van der Waals surface area (Å²) in [5.41, 5.74) is 8.26. The molecule has 2 rings (SSSR count). The number of aromatic nitrogens is 2. The molecule has 2 aromatic rings. The Morgan fingerprint density at radius 1 is 1.25 bits per heavy atom. The Kier molecular flexibility index (Phi) is 3.84. The number of rotatable bonds is 3. The van der Waals surface area contributed by atoms with Crippen LogP contribution in [0.4, 0.5) is 11.6 Å². The van der Waals surface area contributed by atoms with E-state index in [1.54, 1.807) is 31.2 Å². The van der Waals surface area contributed by atoms with E-state index < -0.39 is 0 Å². The first-order valence-electron chi connectivity index (χ1n) is 6.06. The minimum atomic E-state index is -0.303. The average Bonchev–Trinajstić information content (AvgIpc) is 2.40. The van der Waals surface area contributed by atoms with Crippen molar-refractivity contribution >= 4 is 17.5 Å². The number of amides is 1. The molecule has 0 saturated carbocycles. The Morgan fingerprint density at radius 2 is 2.00 bits per heavy atom. The van der Waals surface area contributed by atoms with Gasteiger partial charge in [-0.3, -0.25) is 10.1 Å². The van der Waals surface area contributed by atoms with Crippen molar-refractivity contribution in [1.82, 2.24) is 9.97 Å². The number of carbonyl (C=O) groups excluding carboxylic acids is 1. The number of nitrogens with two attached hydrogens (primary N) is 1. The van der Waals surface area contributed by atoms with Gasteiger partial charge in [-0.2, -0.15) is 4.98 Å². The number of anilines is 2. The summed E-state index contributed by atoms with van der Waals surface area (Å²) in [7, 11) is 1.51. The van der Waals surface area contributed by atoms with Gasteiger partial charge in [-0.05, 0) is 31.5 Å². The predicted octanol–water partition coefficient (Wildman–Crippen LogP) is 1.94. The van der Waals surface area contributed by atoms with E-state index in [-0.39, 0.29) is 11.9 Å². The number of hydrogen-bond donors (Lipinski definition) is 2. The lowest BCUT2D eigenvalue weighted by Gasteiger charge is -2.09. The maximum atomic E-state index is 12.2. The highest BCUT2D eigenvalue weighted by Gasteiger charge is 2.12. The van der Waals surface area contributed by atoms with Crippen LogP contribution in [0, 0.1) is 13.8 Å². The van der Waals surface area contributed by atoms with Gasteiger partial charge < -0.3 is 10.5 Å². The van der Waals surface area contributed by atoms with Crippen LogP contribution in [0.2, 0.25) is 0 Å². The summed E-state index contributed by atoms with van der Waals surface area (Å²) < 4.78 is 5.04. The van der Waals surface area contributed by atoms with Crippen LogP contribution in [-0.2, 0) is 0 Å². The van der Waals surface area contributed by atoms with Crippen molar-refractivity contribution in [2.24, 2.45) is 0 Å².